The quantitative estimate of drug-likeness (QED) is 0.699. The Kier molecular flexibility index (Phi) is 3.98. The predicted octanol–water partition coefficient (Wildman–Crippen LogP) is 0.709. The number of rotatable bonds is 2. The van der Waals surface area contributed by atoms with Gasteiger partial charge in [0.2, 0.25) is 0 Å². The smallest absolute Gasteiger partial charge is 0.405 e. The average Bonchev–Trinajstić information content (AvgIpc) is 2.24. The van der Waals surface area contributed by atoms with Crippen LogP contribution in [0.3, 0.4) is 0 Å². The molecule has 5 heteroatoms. The van der Waals surface area contributed by atoms with Crippen molar-refractivity contribution in [3.8, 4) is 17.6 Å². The van der Waals surface area contributed by atoms with Gasteiger partial charge in [0, 0.05) is 12.4 Å². The summed E-state index contributed by atoms with van der Waals surface area (Å²) in [5, 5.41) is 10.4. The average molecular weight is 206 g/mol. The van der Waals surface area contributed by atoms with Crippen LogP contribution >= 0.6 is 0 Å². The van der Waals surface area contributed by atoms with Gasteiger partial charge in [-0.05, 0) is 6.07 Å². The number of amides is 1. The lowest BCUT2D eigenvalue weighted by Gasteiger charge is -2.00. The Labute approximate surface area is 87.1 Å². The molecule has 0 aliphatic rings. The number of methoxy groups -OCH3 is 1. The highest BCUT2D eigenvalue weighted by Crippen LogP contribution is 2.13. The maximum Gasteiger partial charge on any atom is 0.405 e. The topological polar surface area (TPSA) is 71.5 Å². The van der Waals surface area contributed by atoms with E-state index >= 15 is 0 Å². The van der Waals surface area contributed by atoms with Crippen molar-refractivity contribution in [2.75, 3.05) is 13.7 Å². The Bertz CT molecular complexity index is 407. The third-order valence-electron chi connectivity index (χ3n) is 1.55. The maximum atomic E-state index is 10.1. The summed E-state index contributed by atoms with van der Waals surface area (Å²) in [4.78, 5) is 14.0. The summed E-state index contributed by atoms with van der Waals surface area (Å²) in [6.07, 6.45) is 2.06. The second-order valence-electron chi connectivity index (χ2n) is 2.54. The second-order valence-corrected chi connectivity index (χ2v) is 2.54. The van der Waals surface area contributed by atoms with Crippen LogP contribution in [0.25, 0.3) is 0 Å². The van der Waals surface area contributed by atoms with Crippen molar-refractivity contribution in [2.24, 2.45) is 0 Å². The molecule has 2 N–H and O–H groups in total. The molecular formula is C10H10N2O3. The van der Waals surface area contributed by atoms with Crippen LogP contribution in [0.5, 0.6) is 5.75 Å². The van der Waals surface area contributed by atoms with Crippen LogP contribution < -0.4 is 10.1 Å². The summed E-state index contributed by atoms with van der Waals surface area (Å²) in [5.41, 5.74) is 0.632. The summed E-state index contributed by atoms with van der Waals surface area (Å²) in [6.45, 7) is 0.0768. The van der Waals surface area contributed by atoms with Gasteiger partial charge in [-0.15, -0.1) is 0 Å². The largest absolute Gasteiger partial charge is 0.495 e. The van der Waals surface area contributed by atoms with E-state index in [1.54, 1.807) is 18.5 Å². The summed E-state index contributed by atoms with van der Waals surface area (Å²) < 4.78 is 5.04. The van der Waals surface area contributed by atoms with E-state index < -0.39 is 6.09 Å². The Balaban J connectivity index is 2.66. The third kappa shape index (κ3) is 3.56. The molecule has 0 bridgehead atoms. The van der Waals surface area contributed by atoms with E-state index in [9.17, 15) is 4.79 Å². The van der Waals surface area contributed by atoms with E-state index in [2.05, 4.69) is 22.1 Å². The van der Waals surface area contributed by atoms with Crippen molar-refractivity contribution >= 4 is 6.09 Å². The van der Waals surface area contributed by atoms with Crippen LogP contribution in [0.1, 0.15) is 5.56 Å². The zero-order valence-corrected chi connectivity index (χ0v) is 8.15. The standard InChI is InChI=1S/C10H10N2O3/c1-15-9-4-6-11-7-8(9)3-2-5-12-10(13)14/h4,6-7,12H,5H2,1H3,(H,13,14). The Hall–Kier alpha value is -2.22. The van der Waals surface area contributed by atoms with Crippen LogP contribution in [-0.4, -0.2) is 29.8 Å². The summed E-state index contributed by atoms with van der Waals surface area (Å²) in [5.74, 6) is 6.02. The molecule has 0 radical (unpaired) electrons. The van der Waals surface area contributed by atoms with Crippen molar-refractivity contribution in [1.82, 2.24) is 10.3 Å². The van der Waals surface area contributed by atoms with Crippen molar-refractivity contribution < 1.29 is 14.6 Å². The zero-order valence-electron chi connectivity index (χ0n) is 8.15. The van der Waals surface area contributed by atoms with Crippen molar-refractivity contribution in [3.63, 3.8) is 0 Å². The van der Waals surface area contributed by atoms with Gasteiger partial charge in [-0.2, -0.15) is 0 Å². The van der Waals surface area contributed by atoms with E-state index in [1.807, 2.05) is 0 Å². The van der Waals surface area contributed by atoms with Crippen LogP contribution in [0.2, 0.25) is 0 Å². The molecule has 0 aliphatic carbocycles. The molecule has 0 atom stereocenters. The molecule has 1 heterocycles. The number of pyridine rings is 1. The van der Waals surface area contributed by atoms with Gasteiger partial charge in [-0.1, -0.05) is 11.8 Å². The van der Waals surface area contributed by atoms with Gasteiger partial charge >= 0.3 is 6.09 Å². The number of nitrogens with zero attached hydrogens (tertiary/aromatic N) is 1. The SMILES string of the molecule is COc1ccncc1C#CCNC(=O)O. The van der Waals surface area contributed by atoms with Crippen LogP contribution in [0.4, 0.5) is 4.79 Å². The molecule has 0 spiro atoms. The molecule has 0 fully saturated rings. The highest BCUT2D eigenvalue weighted by atomic mass is 16.5. The van der Waals surface area contributed by atoms with E-state index in [0.29, 0.717) is 11.3 Å². The van der Waals surface area contributed by atoms with Crippen LogP contribution in [-0.2, 0) is 0 Å². The normalized spacial score (nSPS) is 8.60. The molecular weight excluding hydrogens is 196 g/mol. The molecule has 1 rings (SSSR count). The molecule has 15 heavy (non-hydrogen) atoms. The van der Waals surface area contributed by atoms with Gasteiger partial charge in [0.15, 0.2) is 0 Å². The fraction of sp³-hybridized carbons (Fsp3) is 0.200. The monoisotopic (exact) mass is 206 g/mol. The molecule has 0 saturated carbocycles. The van der Waals surface area contributed by atoms with Crippen molar-refractivity contribution in [2.45, 2.75) is 0 Å². The first-order chi connectivity index (χ1) is 7.24. The maximum absolute atomic E-state index is 10.1. The highest BCUT2D eigenvalue weighted by Gasteiger charge is 1.97. The number of hydrogen-bond donors (Lipinski definition) is 2. The summed E-state index contributed by atoms with van der Waals surface area (Å²) in [7, 11) is 1.54. The molecule has 1 aromatic heterocycles. The Morgan fingerprint density at radius 1 is 1.73 bits per heavy atom. The van der Waals surface area contributed by atoms with Crippen molar-refractivity contribution in [3.05, 3.63) is 24.0 Å². The number of aromatic nitrogens is 1. The number of carbonyl (C=O) groups is 1. The second kappa shape index (κ2) is 5.50. The van der Waals surface area contributed by atoms with Gasteiger partial charge in [-0.25, -0.2) is 4.79 Å². The zero-order chi connectivity index (χ0) is 11.1. The minimum Gasteiger partial charge on any atom is -0.495 e. The van der Waals surface area contributed by atoms with Gasteiger partial charge in [0.25, 0.3) is 0 Å². The number of nitrogens with one attached hydrogen (secondary N) is 1. The predicted molar refractivity (Wildman–Crippen MR) is 53.7 cm³/mol. The fourth-order valence-electron chi connectivity index (χ4n) is 0.913. The molecule has 0 unspecified atom stereocenters. The first-order valence-electron chi connectivity index (χ1n) is 4.17. The number of hydrogen-bond acceptors (Lipinski definition) is 3. The van der Waals surface area contributed by atoms with E-state index in [1.165, 1.54) is 7.11 Å². The lowest BCUT2D eigenvalue weighted by atomic mass is 10.2. The molecule has 1 aromatic rings. The molecule has 78 valence electrons. The summed E-state index contributed by atoms with van der Waals surface area (Å²) in [6, 6.07) is 1.69. The summed E-state index contributed by atoms with van der Waals surface area (Å²) >= 11 is 0. The van der Waals surface area contributed by atoms with Gasteiger partial charge in [0.1, 0.15) is 5.75 Å². The first kappa shape index (κ1) is 10.9. The van der Waals surface area contributed by atoms with Gasteiger partial charge in [0.05, 0.1) is 19.2 Å². The third-order valence-corrected chi connectivity index (χ3v) is 1.55. The number of ether oxygens (including phenoxy) is 1. The fourth-order valence-corrected chi connectivity index (χ4v) is 0.913. The van der Waals surface area contributed by atoms with E-state index in [0.717, 1.165) is 0 Å². The van der Waals surface area contributed by atoms with Gasteiger partial charge < -0.3 is 15.2 Å². The molecule has 0 saturated heterocycles. The molecule has 0 aliphatic heterocycles. The molecule has 0 aromatic carbocycles. The minimum absolute atomic E-state index is 0.0768. The van der Waals surface area contributed by atoms with E-state index in [-0.39, 0.29) is 6.54 Å². The van der Waals surface area contributed by atoms with Crippen LogP contribution in [0, 0.1) is 11.8 Å². The lowest BCUT2D eigenvalue weighted by molar-refractivity contribution is 0.196. The van der Waals surface area contributed by atoms with Gasteiger partial charge in [-0.3, -0.25) is 4.98 Å². The van der Waals surface area contributed by atoms with Crippen LogP contribution in [0.15, 0.2) is 18.5 Å². The highest BCUT2D eigenvalue weighted by molar-refractivity contribution is 5.64. The Morgan fingerprint density at radius 3 is 3.20 bits per heavy atom. The number of carboxylic acid groups (broad SMARTS) is 1. The molecule has 5 nitrogen and oxygen atoms in total. The molecule has 1 amide bonds. The minimum atomic E-state index is -1.09. The van der Waals surface area contributed by atoms with E-state index in [4.69, 9.17) is 9.84 Å². The first-order valence-corrected chi connectivity index (χ1v) is 4.17. The van der Waals surface area contributed by atoms with Crippen molar-refractivity contribution in [1.29, 1.82) is 0 Å². The Morgan fingerprint density at radius 2 is 2.53 bits per heavy atom. The lowest BCUT2D eigenvalue weighted by Crippen LogP contribution is -2.20.